The van der Waals surface area contributed by atoms with Crippen molar-refractivity contribution in [2.75, 3.05) is 26.7 Å². The molecule has 0 rings (SSSR count). The van der Waals surface area contributed by atoms with Crippen LogP contribution in [0.25, 0.3) is 0 Å². The monoisotopic (exact) mass is 169 g/mol. The Labute approximate surface area is 75.5 Å². The second-order valence-corrected chi connectivity index (χ2v) is 2.76. The summed E-state index contributed by atoms with van der Waals surface area (Å²) in [7, 11) is 2.08. The molecule has 0 aliphatic carbocycles. The molecule has 0 amide bonds. The predicted molar refractivity (Wildman–Crippen MR) is 53.1 cm³/mol. The van der Waals surface area contributed by atoms with Crippen LogP contribution < -0.4 is 0 Å². The van der Waals surface area contributed by atoms with Crippen LogP contribution in [0.3, 0.4) is 0 Å². The maximum Gasteiger partial charge on any atom is 0.100 e. The van der Waals surface area contributed by atoms with Crippen LogP contribution in [0.1, 0.15) is 13.8 Å². The van der Waals surface area contributed by atoms with Gasteiger partial charge in [0.25, 0.3) is 0 Å². The second-order valence-electron chi connectivity index (χ2n) is 2.76. The standard InChI is InChI=1S/C10H19NO/c1-5-7-10(3)12-9-8-11(4)6-2/h5,7H,1,6,8-9H2,2-4H3/b10-7+. The van der Waals surface area contributed by atoms with E-state index in [0.717, 1.165) is 25.5 Å². The lowest BCUT2D eigenvalue weighted by atomic mass is 10.4. The molecule has 0 radical (unpaired) electrons. The first kappa shape index (κ1) is 11.2. The Morgan fingerprint density at radius 3 is 2.75 bits per heavy atom. The van der Waals surface area contributed by atoms with Crippen molar-refractivity contribution in [2.45, 2.75) is 13.8 Å². The molecule has 0 saturated carbocycles. The van der Waals surface area contributed by atoms with Crippen LogP contribution in [0.5, 0.6) is 0 Å². The van der Waals surface area contributed by atoms with Gasteiger partial charge in [0, 0.05) is 6.54 Å². The van der Waals surface area contributed by atoms with Gasteiger partial charge < -0.3 is 9.64 Å². The molecule has 0 bridgehead atoms. The van der Waals surface area contributed by atoms with Gasteiger partial charge >= 0.3 is 0 Å². The summed E-state index contributed by atoms with van der Waals surface area (Å²) in [6.45, 7) is 10.4. The molecular weight excluding hydrogens is 150 g/mol. The Balaban J connectivity index is 3.42. The van der Waals surface area contributed by atoms with Gasteiger partial charge in [-0.2, -0.15) is 0 Å². The Bertz CT molecular complexity index is 152. The lowest BCUT2D eigenvalue weighted by Crippen LogP contribution is -2.22. The number of hydrogen-bond donors (Lipinski definition) is 0. The molecule has 0 unspecified atom stereocenters. The van der Waals surface area contributed by atoms with Crippen molar-refractivity contribution < 1.29 is 4.74 Å². The summed E-state index contributed by atoms with van der Waals surface area (Å²) in [6.07, 6.45) is 3.60. The van der Waals surface area contributed by atoms with Crippen molar-refractivity contribution in [2.24, 2.45) is 0 Å². The van der Waals surface area contributed by atoms with E-state index in [9.17, 15) is 0 Å². The van der Waals surface area contributed by atoms with Crippen molar-refractivity contribution in [3.8, 4) is 0 Å². The third-order valence-electron chi connectivity index (χ3n) is 1.70. The summed E-state index contributed by atoms with van der Waals surface area (Å²) >= 11 is 0. The van der Waals surface area contributed by atoms with Crippen LogP contribution in [0.4, 0.5) is 0 Å². The average Bonchev–Trinajstić information content (AvgIpc) is 2.04. The Morgan fingerprint density at radius 2 is 2.25 bits per heavy atom. The fourth-order valence-corrected chi connectivity index (χ4v) is 0.735. The molecule has 0 spiro atoms. The smallest absolute Gasteiger partial charge is 0.100 e. The van der Waals surface area contributed by atoms with Crippen molar-refractivity contribution >= 4 is 0 Å². The highest BCUT2D eigenvalue weighted by Gasteiger charge is 1.93. The van der Waals surface area contributed by atoms with Crippen molar-refractivity contribution in [1.82, 2.24) is 4.90 Å². The van der Waals surface area contributed by atoms with Gasteiger partial charge in [0.1, 0.15) is 6.61 Å². The van der Waals surface area contributed by atoms with E-state index in [2.05, 4.69) is 25.5 Å². The highest BCUT2D eigenvalue weighted by atomic mass is 16.5. The van der Waals surface area contributed by atoms with Gasteiger partial charge in [0.2, 0.25) is 0 Å². The van der Waals surface area contributed by atoms with Gasteiger partial charge in [-0.1, -0.05) is 19.6 Å². The normalized spacial score (nSPS) is 11.8. The van der Waals surface area contributed by atoms with E-state index in [1.807, 2.05) is 13.0 Å². The fraction of sp³-hybridized carbons (Fsp3) is 0.600. The summed E-state index contributed by atoms with van der Waals surface area (Å²) in [5, 5.41) is 0. The topological polar surface area (TPSA) is 12.5 Å². The van der Waals surface area contributed by atoms with Crippen LogP contribution in [-0.2, 0) is 4.74 Å². The van der Waals surface area contributed by atoms with Crippen molar-refractivity contribution in [3.63, 3.8) is 0 Å². The first-order valence-electron chi connectivity index (χ1n) is 4.31. The number of rotatable bonds is 6. The molecule has 0 aromatic carbocycles. The Kier molecular flexibility index (Phi) is 6.48. The van der Waals surface area contributed by atoms with Crippen LogP contribution in [-0.4, -0.2) is 31.6 Å². The molecule has 0 heterocycles. The van der Waals surface area contributed by atoms with Crippen LogP contribution >= 0.6 is 0 Å². The van der Waals surface area contributed by atoms with E-state index < -0.39 is 0 Å². The van der Waals surface area contributed by atoms with Crippen molar-refractivity contribution in [1.29, 1.82) is 0 Å². The number of nitrogens with zero attached hydrogens (tertiary/aromatic N) is 1. The highest BCUT2D eigenvalue weighted by Crippen LogP contribution is 1.95. The highest BCUT2D eigenvalue weighted by molar-refractivity contribution is 5.01. The molecule has 0 aliphatic rings. The molecule has 0 aliphatic heterocycles. The molecule has 0 aromatic heterocycles. The van der Waals surface area contributed by atoms with Crippen LogP contribution in [0.15, 0.2) is 24.5 Å². The minimum atomic E-state index is 0.751. The third kappa shape index (κ3) is 5.98. The van der Waals surface area contributed by atoms with E-state index in [1.165, 1.54) is 0 Å². The lowest BCUT2D eigenvalue weighted by Gasteiger charge is -2.14. The molecule has 70 valence electrons. The van der Waals surface area contributed by atoms with Gasteiger partial charge in [-0.15, -0.1) is 0 Å². The number of ether oxygens (including phenoxy) is 1. The van der Waals surface area contributed by atoms with Gasteiger partial charge in [-0.05, 0) is 26.6 Å². The molecular formula is C10H19NO. The molecule has 0 aromatic rings. The largest absolute Gasteiger partial charge is 0.497 e. The van der Waals surface area contributed by atoms with E-state index in [0.29, 0.717) is 0 Å². The Hall–Kier alpha value is -0.760. The number of likely N-dealkylation sites (N-methyl/N-ethyl adjacent to an activating group) is 1. The maximum atomic E-state index is 5.40. The molecule has 2 heteroatoms. The first-order valence-corrected chi connectivity index (χ1v) is 4.31. The quantitative estimate of drug-likeness (QED) is 0.445. The van der Waals surface area contributed by atoms with E-state index in [4.69, 9.17) is 4.74 Å². The van der Waals surface area contributed by atoms with Gasteiger partial charge in [0.05, 0.1) is 5.76 Å². The molecule has 0 N–H and O–H groups in total. The fourth-order valence-electron chi connectivity index (χ4n) is 0.735. The summed E-state index contributed by atoms with van der Waals surface area (Å²) in [4.78, 5) is 2.21. The van der Waals surface area contributed by atoms with E-state index in [-0.39, 0.29) is 0 Å². The minimum absolute atomic E-state index is 0.751. The molecule has 0 atom stereocenters. The van der Waals surface area contributed by atoms with Gasteiger partial charge in [-0.25, -0.2) is 0 Å². The average molecular weight is 169 g/mol. The predicted octanol–water partition coefficient (Wildman–Crippen LogP) is 2.04. The summed E-state index contributed by atoms with van der Waals surface area (Å²) < 4.78 is 5.40. The first-order chi connectivity index (χ1) is 5.70. The van der Waals surface area contributed by atoms with Gasteiger partial charge in [0.15, 0.2) is 0 Å². The molecule has 0 saturated heterocycles. The zero-order valence-corrected chi connectivity index (χ0v) is 8.34. The second kappa shape index (κ2) is 6.92. The van der Waals surface area contributed by atoms with E-state index in [1.54, 1.807) is 6.08 Å². The molecule has 2 nitrogen and oxygen atoms in total. The van der Waals surface area contributed by atoms with Gasteiger partial charge in [-0.3, -0.25) is 0 Å². The number of hydrogen-bond acceptors (Lipinski definition) is 2. The minimum Gasteiger partial charge on any atom is -0.497 e. The zero-order valence-electron chi connectivity index (χ0n) is 8.34. The van der Waals surface area contributed by atoms with Crippen molar-refractivity contribution in [3.05, 3.63) is 24.5 Å². The van der Waals surface area contributed by atoms with Crippen LogP contribution in [0.2, 0.25) is 0 Å². The SMILES string of the molecule is C=C/C=C(\C)OCCN(C)CC. The molecule has 12 heavy (non-hydrogen) atoms. The van der Waals surface area contributed by atoms with Crippen LogP contribution in [0, 0.1) is 0 Å². The summed E-state index contributed by atoms with van der Waals surface area (Å²) in [5.74, 6) is 0.925. The lowest BCUT2D eigenvalue weighted by molar-refractivity contribution is 0.176. The zero-order chi connectivity index (χ0) is 9.40. The van der Waals surface area contributed by atoms with E-state index >= 15 is 0 Å². The molecule has 0 fully saturated rings. The summed E-state index contributed by atoms with van der Waals surface area (Å²) in [5.41, 5.74) is 0. The maximum absolute atomic E-state index is 5.40. The summed E-state index contributed by atoms with van der Waals surface area (Å²) in [6, 6.07) is 0. The third-order valence-corrected chi connectivity index (χ3v) is 1.70. The Morgan fingerprint density at radius 1 is 1.58 bits per heavy atom. The number of allylic oxidation sites excluding steroid dienone is 3.